The third-order valence-corrected chi connectivity index (χ3v) is 3.34. The van der Waals surface area contributed by atoms with E-state index >= 15 is 0 Å². The molecule has 0 fully saturated rings. The first-order valence-corrected chi connectivity index (χ1v) is 7.33. The number of nitrogens with one attached hydrogen (secondary N) is 1. The topological polar surface area (TPSA) is 39.1 Å². The highest BCUT2D eigenvalue weighted by Gasteiger charge is 2.16. The minimum Gasteiger partial charge on any atom is -0.308 e. The van der Waals surface area contributed by atoms with Crippen LogP contribution in [0.15, 0.2) is 24.3 Å². The summed E-state index contributed by atoms with van der Waals surface area (Å²) < 4.78 is 0. The Morgan fingerprint density at radius 2 is 1.95 bits per heavy atom. The highest BCUT2D eigenvalue weighted by molar-refractivity contribution is 5.34. The predicted octanol–water partition coefficient (Wildman–Crippen LogP) is 3.19. The van der Waals surface area contributed by atoms with Gasteiger partial charge in [0.15, 0.2) is 0 Å². The zero-order valence-corrected chi connectivity index (χ0v) is 13.4. The molecule has 20 heavy (non-hydrogen) atoms. The molecule has 1 N–H and O–H groups in total. The quantitative estimate of drug-likeness (QED) is 0.829. The van der Waals surface area contributed by atoms with E-state index in [4.69, 9.17) is 5.26 Å². The van der Waals surface area contributed by atoms with Crippen molar-refractivity contribution in [1.82, 2.24) is 10.2 Å². The van der Waals surface area contributed by atoms with Crippen molar-refractivity contribution in [1.29, 1.82) is 5.26 Å². The molecule has 0 radical (unpaired) electrons. The molecule has 0 aliphatic rings. The fourth-order valence-electron chi connectivity index (χ4n) is 2.53. The Hall–Kier alpha value is -1.37. The molecule has 0 aliphatic heterocycles. The number of benzene rings is 1. The Labute approximate surface area is 123 Å². The van der Waals surface area contributed by atoms with Gasteiger partial charge in [0.2, 0.25) is 0 Å². The molecular formula is C17H27N3. The smallest absolute Gasteiger partial charge is 0.0991 e. The number of nitriles is 1. The second kappa shape index (κ2) is 8.04. The summed E-state index contributed by atoms with van der Waals surface area (Å²) in [5, 5.41) is 12.7. The molecule has 3 nitrogen and oxygen atoms in total. The lowest BCUT2D eigenvalue weighted by Gasteiger charge is -2.27. The molecule has 110 valence electrons. The summed E-state index contributed by atoms with van der Waals surface area (Å²) in [6, 6.07) is 10.8. The zero-order chi connectivity index (χ0) is 15.1. The van der Waals surface area contributed by atoms with E-state index in [-0.39, 0.29) is 6.04 Å². The Balaban J connectivity index is 2.73. The predicted molar refractivity (Wildman–Crippen MR) is 84.5 cm³/mol. The van der Waals surface area contributed by atoms with E-state index in [1.807, 2.05) is 18.2 Å². The average Bonchev–Trinajstić information content (AvgIpc) is 2.37. The van der Waals surface area contributed by atoms with E-state index in [1.165, 1.54) is 5.56 Å². The lowest BCUT2D eigenvalue weighted by Crippen LogP contribution is -2.40. The average molecular weight is 273 g/mol. The van der Waals surface area contributed by atoms with Crippen LogP contribution in [0.2, 0.25) is 0 Å². The number of hydrogen-bond donors (Lipinski definition) is 1. The van der Waals surface area contributed by atoms with Crippen molar-refractivity contribution in [3.8, 4) is 6.07 Å². The molecule has 0 saturated carbocycles. The number of hydrogen-bond acceptors (Lipinski definition) is 3. The standard InChI is InChI=1S/C17H27N3/c1-13(2)9-17(12-20(4)5)19-14(3)16-8-6-7-15(10-16)11-18/h6-8,10,13-14,17,19H,9,12H2,1-5H3. The maximum absolute atomic E-state index is 8.99. The molecule has 0 amide bonds. The van der Waals surface area contributed by atoms with Crippen LogP contribution in [-0.2, 0) is 0 Å². The molecule has 0 aliphatic carbocycles. The summed E-state index contributed by atoms with van der Waals surface area (Å²) in [5.74, 6) is 0.671. The van der Waals surface area contributed by atoms with Crippen LogP contribution in [0.1, 0.15) is 44.4 Å². The van der Waals surface area contributed by atoms with E-state index in [0.29, 0.717) is 12.0 Å². The normalized spacial score (nSPS) is 14.3. The van der Waals surface area contributed by atoms with Crippen LogP contribution < -0.4 is 5.32 Å². The van der Waals surface area contributed by atoms with Crippen molar-refractivity contribution < 1.29 is 0 Å². The Morgan fingerprint density at radius 3 is 2.50 bits per heavy atom. The highest BCUT2D eigenvalue weighted by Crippen LogP contribution is 2.16. The van der Waals surface area contributed by atoms with Crippen molar-refractivity contribution in [2.75, 3.05) is 20.6 Å². The van der Waals surface area contributed by atoms with E-state index in [2.05, 4.69) is 57.2 Å². The van der Waals surface area contributed by atoms with Gasteiger partial charge in [0, 0.05) is 18.6 Å². The van der Waals surface area contributed by atoms with Gasteiger partial charge in [0.05, 0.1) is 11.6 Å². The monoisotopic (exact) mass is 273 g/mol. The Bertz CT molecular complexity index is 436. The lowest BCUT2D eigenvalue weighted by molar-refractivity contribution is 0.291. The number of rotatable bonds is 7. The second-order valence-electron chi connectivity index (χ2n) is 6.21. The molecule has 1 aromatic rings. The minimum absolute atomic E-state index is 0.256. The SMILES string of the molecule is CC(C)CC(CN(C)C)NC(C)c1cccc(C#N)c1. The molecule has 3 heteroatoms. The van der Waals surface area contributed by atoms with Crippen LogP contribution in [0, 0.1) is 17.2 Å². The maximum Gasteiger partial charge on any atom is 0.0991 e. The van der Waals surface area contributed by atoms with Crippen molar-refractivity contribution in [2.24, 2.45) is 5.92 Å². The van der Waals surface area contributed by atoms with Crippen LogP contribution in [0.3, 0.4) is 0 Å². The summed E-state index contributed by atoms with van der Waals surface area (Å²) >= 11 is 0. The van der Waals surface area contributed by atoms with Gasteiger partial charge in [-0.25, -0.2) is 0 Å². The van der Waals surface area contributed by atoms with Gasteiger partial charge in [-0.15, -0.1) is 0 Å². The first-order valence-electron chi connectivity index (χ1n) is 7.33. The Kier molecular flexibility index (Phi) is 6.70. The van der Waals surface area contributed by atoms with Gasteiger partial charge in [0.1, 0.15) is 0 Å². The third kappa shape index (κ3) is 5.73. The molecular weight excluding hydrogens is 246 g/mol. The Morgan fingerprint density at radius 1 is 1.25 bits per heavy atom. The number of likely N-dealkylation sites (N-methyl/N-ethyl adjacent to an activating group) is 1. The molecule has 0 heterocycles. The van der Waals surface area contributed by atoms with Crippen molar-refractivity contribution >= 4 is 0 Å². The van der Waals surface area contributed by atoms with E-state index in [0.717, 1.165) is 18.5 Å². The summed E-state index contributed by atoms with van der Waals surface area (Å²) in [6.07, 6.45) is 1.15. The van der Waals surface area contributed by atoms with Crippen molar-refractivity contribution in [2.45, 2.75) is 39.3 Å². The summed E-state index contributed by atoms with van der Waals surface area (Å²) in [5.41, 5.74) is 1.90. The van der Waals surface area contributed by atoms with Gasteiger partial charge < -0.3 is 10.2 Å². The van der Waals surface area contributed by atoms with Gasteiger partial charge in [-0.2, -0.15) is 5.26 Å². The first-order chi connectivity index (χ1) is 9.42. The second-order valence-corrected chi connectivity index (χ2v) is 6.21. The van der Waals surface area contributed by atoms with E-state index < -0.39 is 0 Å². The van der Waals surface area contributed by atoms with Gasteiger partial charge in [0.25, 0.3) is 0 Å². The van der Waals surface area contributed by atoms with Gasteiger partial charge in [-0.05, 0) is 51.1 Å². The van der Waals surface area contributed by atoms with E-state index in [9.17, 15) is 0 Å². The van der Waals surface area contributed by atoms with E-state index in [1.54, 1.807) is 0 Å². The zero-order valence-electron chi connectivity index (χ0n) is 13.4. The molecule has 2 unspecified atom stereocenters. The fourth-order valence-corrected chi connectivity index (χ4v) is 2.53. The third-order valence-electron chi connectivity index (χ3n) is 3.34. The molecule has 1 aromatic carbocycles. The van der Waals surface area contributed by atoms with Gasteiger partial charge in [-0.1, -0.05) is 26.0 Å². The fraction of sp³-hybridized carbons (Fsp3) is 0.588. The van der Waals surface area contributed by atoms with Crippen molar-refractivity contribution in [3.05, 3.63) is 35.4 Å². The van der Waals surface area contributed by atoms with Crippen LogP contribution >= 0.6 is 0 Å². The molecule has 2 atom stereocenters. The molecule has 0 bridgehead atoms. The first kappa shape index (κ1) is 16.7. The molecule has 1 rings (SSSR count). The largest absolute Gasteiger partial charge is 0.308 e. The van der Waals surface area contributed by atoms with Crippen LogP contribution in [0.4, 0.5) is 0 Å². The van der Waals surface area contributed by atoms with Gasteiger partial charge >= 0.3 is 0 Å². The summed E-state index contributed by atoms with van der Waals surface area (Å²) in [7, 11) is 4.21. The maximum atomic E-state index is 8.99. The highest BCUT2D eigenvalue weighted by atomic mass is 15.1. The molecule has 0 saturated heterocycles. The summed E-state index contributed by atoms with van der Waals surface area (Å²) in [6.45, 7) is 7.70. The van der Waals surface area contributed by atoms with Gasteiger partial charge in [-0.3, -0.25) is 0 Å². The lowest BCUT2D eigenvalue weighted by atomic mass is 10.00. The van der Waals surface area contributed by atoms with Crippen LogP contribution in [0.25, 0.3) is 0 Å². The minimum atomic E-state index is 0.256. The molecule has 0 aromatic heterocycles. The molecule has 0 spiro atoms. The number of nitrogens with zero attached hydrogens (tertiary/aromatic N) is 2. The van der Waals surface area contributed by atoms with Crippen LogP contribution in [-0.4, -0.2) is 31.6 Å². The van der Waals surface area contributed by atoms with Crippen molar-refractivity contribution in [3.63, 3.8) is 0 Å². The summed E-state index contributed by atoms with van der Waals surface area (Å²) in [4.78, 5) is 2.22. The van der Waals surface area contributed by atoms with Crippen LogP contribution in [0.5, 0.6) is 0 Å².